The Bertz CT molecular complexity index is 868. The molecule has 1 heterocycles. The van der Waals surface area contributed by atoms with E-state index in [9.17, 15) is 4.79 Å². The van der Waals surface area contributed by atoms with Crippen LogP contribution in [0, 0.1) is 13.8 Å². The second kappa shape index (κ2) is 6.12. The standard InChI is InChI=1S/C18H18N2O3/c1-11-4-3-5-16(12(11)2)23-10-17-19-14-7-6-13(9-18(21)22)8-15(14)20-17/h3-8H,9-10H2,1-2H3,(H,19,20)(H,21,22). The SMILES string of the molecule is Cc1cccc(OCc2nc3ccc(CC(=O)O)cc3[nH]2)c1C. The molecule has 5 heteroatoms. The van der Waals surface area contributed by atoms with Crippen molar-refractivity contribution in [2.75, 3.05) is 0 Å². The number of carboxylic acid groups (broad SMARTS) is 1. The van der Waals surface area contributed by atoms with Crippen LogP contribution in [0.5, 0.6) is 5.75 Å². The Kier molecular flexibility index (Phi) is 4.02. The lowest BCUT2D eigenvalue weighted by molar-refractivity contribution is -0.136. The Balaban J connectivity index is 1.78. The van der Waals surface area contributed by atoms with Gasteiger partial charge in [0.25, 0.3) is 0 Å². The summed E-state index contributed by atoms with van der Waals surface area (Å²) >= 11 is 0. The number of nitrogens with one attached hydrogen (secondary N) is 1. The average molecular weight is 310 g/mol. The van der Waals surface area contributed by atoms with E-state index in [1.807, 2.05) is 44.2 Å². The molecule has 0 aliphatic rings. The number of fused-ring (bicyclic) bond motifs is 1. The Morgan fingerprint density at radius 1 is 1.26 bits per heavy atom. The van der Waals surface area contributed by atoms with E-state index in [0.29, 0.717) is 12.4 Å². The van der Waals surface area contributed by atoms with Crippen LogP contribution < -0.4 is 4.74 Å². The van der Waals surface area contributed by atoms with Crippen LogP contribution in [0.15, 0.2) is 36.4 Å². The van der Waals surface area contributed by atoms with Crippen molar-refractivity contribution in [3.05, 3.63) is 58.9 Å². The fourth-order valence-corrected chi connectivity index (χ4v) is 2.49. The van der Waals surface area contributed by atoms with Gasteiger partial charge in [0.1, 0.15) is 18.2 Å². The van der Waals surface area contributed by atoms with E-state index in [4.69, 9.17) is 9.84 Å². The molecule has 0 fully saturated rings. The maximum absolute atomic E-state index is 10.8. The zero-order valence-electron chi connectivity index (χ0n) is 13.1. The van der Waals surface area contributed by atoms with Crippen LogP contribution in [-0.4, -0.2) is 21.0 Å². The lowest BCUT2D eigenvalue weighted by Crippen LogP contribution is -1.99. The highest BCUT2D eigenvalue weighted by Gasteiger charge is 2.08. The number of nitrogens with zero attached hydrogens (tertiary/aromatic N) is 1. The molecule has 2 N–H and O–H groups in total. The molecule has 0 saturated heterocycles. The highest BCUT2D eigenvalue weighted by atomic mass is 16.5. The van der Waals surface area contributed by atoms with Gasteiger partial charge in [0, 0.05) is 0 Å². The number of hydrogen-bond acceptors (Lipinski definition) is 3. The number of aromatic nitrogens is 2. The number of hydrogen-bond donors (Lipinski definition) is 2. The van der Waals surface area contributed by atoms with Gasteiger partial charge in [-0.05, 0) is 48.7 Å². The molecule has 0 aliphatic carbocycles. The van der Waals surface area contributed by atoms with E-state index in [1.165, 1.54) is 5.56 Å². The summed E-state index contributed by atoms with van der Waals surface area (Å²) in [6.07, 6.45) is 0.00325. The van der Waals surface area contributed by atoms with E-state index in [0.717, 1.165) is 27.9 Å². The van der Waals surface area contributed by atoms with E-state index in [1.54, 1.807) is 6.07 Å². The third kappa shape index (κ3) is 3.34. The first kappa shape index (κ1) is 15.1. The highest BCUT2D eigenvalue weighted by molar-refractivity contribution is 5.78. The van der Waals surface area contributed by atoms with Crippen molar-refractivity contribution in [3.63, 3.8) is 0 Å². The first-order valence-corrected chi connectivity index (χ1v) is 7.41. The van der Waals surface area contributed by atoms with Crippen LogP contribution in [-0.2, 0) is 17.8 Å². The molecule has 0 amide bonds. The molecule has 0 bridgehead atoms. The minimum absolute atomic E-state index is 0.00325. The van der Waals surface area contributed by atoms with Crippen molar-refractivity contribution < 1.29 is 14.6 Å². The molecule has 0 spiro atoms. The van der Waals surface area contributed by atoms with Crippen molar-refractivity contribution in [2.24, 2.45) is 0 Å². The van der Waals surface area contributed by atoms with Gasteiger partial charge in [-0.15, -0.1) is 0 Å². The zero-order chi connectivity index (χ0) is 16.4. The molecule has 0 radical (unpaired) electrons. The molecule has 0 saturated carbocycles. The maximum atomic E-state index is 10.8. The number of imidazole rings is 1. The number of aliphatic carboxylic acids is 1. The molecular weight excluding hydrogens is 292 g/mol. The van der Waals surface area contributed by atoms with Crippen molar-refractivity contribution >= 4 is 17.0 Å². The van der Waals surface area contributed by atoms with E-state index < -0.39 is 5.97 Å². The van der Waals surface area contributed by atoms with Gasteiger partial charge in [0.05, 0.1) is 17.5 Å². The summed E-state index contributed by atoms with van der Waals surface area (Å²) in [4.78, 5) is 18.4. The van der Waals surface area contributed by atoms with Gasteiger partial charge in [-0.3, -0.25) is 4.79 Å². The summed E-state index contributed by atoms with van der Waals surface area (Å²) in [5, 5.41) is 8.86. The molecule has 0 unspecified atom stereocenters. The Labute approximate surface area is 133 Å². The Morgan fingerprint density at radius 3 is 2.87 bits per heavy atom. The number of carbonyl (C=O) groups is 1. The Hall–Kier alpha value is -2.82. The predicted octanol–water partition coefficient (Wildman–Crippen LogP) is 3.39. The van der Waals surface area contributed by atoms with Crippen LogP contribution in [0.4, 0.5) is 0 Å². The van der Waals surface area contributed by atoms with Gasteiger partial charge < -0.3 is 14.8 Å². The van der Waals surface area contributed by atoms with Gasteiger partial charge in [0.15, 0.2) is 0 Å². The summed E-state index contributed by atoms with van der Waals surface area (Å²) in [6.45, 7) is 4.42. The van der Waals surface area contributed by atoms with Gasteiger partial charge in [-0.2, -0.15) is 0 Å². The summed E-state index contributed by atoms with van der Waals surface area (Å²) in [6, 6.07) is 11.4. The first-order chi connectivity index (χ1) is 11.0. The fourth-order valence-electron chi connectivity index (χ4n) is 2.49. The summed E-state index contributed by atoms with van der Waals surface area (Å²) in [5.74, 6) is 0.716. The largest absolute Gasteiger partial charge is 0.485 e. The number of aryl methyl sites for hydroxylation is 1. The van der Waals surface area contributed by atoms with Gasteiger partial charge in [-0.25, -0.2) is 4.98 Å². The molecule has 0 aliphatic heterocycles. The summed E-state index contributed by atoms with van der Waals surface area (Å²) < 4.78 is 5.84. The zero-order valence-corrected chi connectivity index (χ0v) is 13.1. The third-order valence-corrected chi connectivity index (χ3v) is 3.87. The third-order valence-electron chi connectivity index (χ3n) is 3.87. The second-order valence-corrected chi connectivity index (χ2v) is 5.59. The van der Waals surface area contributed by atoms with E-state index in [-0.39, 0.29) is 6.42 Å². The minimum atomic E-state index is -0.845. The molecular formula is C18H18N2O3. The number of ether oxygens (including phenoxy) is 1. The van der Waals surface area contributed by atoms with Crippen molar-refractivity contribution in [1.82, 2.24) is 9.97 Å². The lowest BCUT2D eigenvalue weighted by atomic mass is 10.1. The molecule has 118 valence electrons. The van der Waals surface area contributed by atoms with E-state index in [2.05, 4.69) is 9.97 Å². The van der Waals surface area contributed by atoms with Crippen molar-refractivity contribution in [2.45, 2.75) is 26.9 Å². The quantitative estimate of drug-likeness (QED) is 0.757. The second-order valence-electron chi connectivity index (χ2n) is 5.59. The average Bonchev–Trinajstić information content (AvgIpc) is 2.90. The molecule has 3 rings (SSSR count). The Morgan fingerprint density at radius 2 is 2.09 bits per heavy atom. The summed E-state index contributed by atoms with van der Waals surface area (Å²) in [5.41, 5.74) is 4.68. The van der Waals surface area contributed by atoms with Crippen LogP contribution in [0.1, 0.15) is 22.5 Å². The van der Waals surface area contributed by atoms with Crippen LogP contribution in [0.3, 0.4) is 0 Å². The highest BCUT2D eigenvalue weighted by Crippen LogP contribution is 2.22. The van der Waals surface area contributed by atoms with Gasteiger partial charge in [-0.1, -0.05) is 18.2 Å². The number of benzene rings is 2. The molecule has 3 aromatic rings. The number of H-pyrrole nitrogens is 1. The molecule has 1 aromatic heterocycles. The lowest BCUT2D eigenvalue weighted by Gasteiger charge is -2.09. The molecule has 5 nitrogen and oxygen atoms in total. The topological polar surface area (TPSA) is 75.2 Å². The number of carboxylic acids is 1. The van der Waals surface area contributed by atoms with Crippen LogP contribution in [0.2, 0.25) is 0 Å². The first-order valence-electron chi connectivity index (χ1n) is 7.41. The molecule has 0 atom stereocenters. The molecule has 23 heavy (non-hydrogen) atoms. The monoisotopic (exact) mass is 310 g/mol. The normalized spacial score (nSPS) is 10.9. The smallest absolute Gasteiger partial charge is 0.307 e. The van der Waals surface area contributed by atoms with Crippen molar-refractivity contribution in [1.29, 1.82) is 0 Å². The number of rotatable bonds is 5. The van der Waals surface area contributed by atoms with Crippen LogP contribution in [0.25, 0.3) is 11.0 Å². The summed E-state index contributed by atoms with van der Waals surface area (Å²) in [7, 11) is 0. The predicted molar refractivity (Wildman–Crippen MR) is 87.7 cm³/mol. The van der Waals surface area contributed by atoms with Crippen LogP contribution >= 0.6 is 0 Å². The van der Waals surface area contributed by atoms with Gasteiger partial charge >= 0.3 is 5.97 Å². The van der Waals surface area contributed by atoms with E-state index >= 15 is 0 Å². The fraction of sp³-hybridized carbons (Fsp3) is 0.222. The number of aromatic amines is 1. The minimum Gasteiger partial charge on any atom is -0.485 e. The molecule has 2 aromatic carbocycles. The maximum Gasteiger partial charge on any atom is 0.307 e. The van der Waals surface area contributed by atoms with Gasteiger partial charge in [0.2, 0.25) is 0 Å². The van der Waals surface area contributed by atoms with Crippen molar-refractivity contribution in [3.8, 4) is 5.75 Å².